The van der Waals surface area contributed by atoms with E-state index in [9.17, 15) is 9.18 Å². The van der Waals surface area contributed by atoms with Crippen LogP contribution in [0.2, 0.25) is 5.02 Å². The number of halogens is 2. The molecule has 0 radical (unpaired) electrons. The Kier molecular flexibility index (Phi) is 5.69. The Morgan fingerprint density at radius 3 is 2.63 bits per heavy atom. The number of hydrogen-bond donors (Lipinski definition) is 1. The molecule has 10 nitrogen and oxygen atoms in total. The zero-order valence-electron chi connectivity index (χ0n) is 20.1. The van der Waals surface area contributed by atoms with Crippen molar-refractivity contribution in [1.29, 1.82) is 0 Å². The molecule has 2 aromatic carbocycles. The molecule has 38 heavy (non-hydrogen) atoms. The van der Waals surface area contributed by atoms with E-state index in [1.54, 1.807) is 67.2 Å². The quantitative estimate of drug-likeness (QED) is 0.322. The highest BCUT2D eigenvalue weighted by Crippen LogP contribution is 2.32. The lowest BCUT2D eigenvalue weighted by molar-refractivity contribution is 0.102. The van der Waals surface area contributed by atoms with E-state index in [0.29, 0.717) is 56.1 Å². The topological polar surface area (TPSA) is 117 Å². The van der Waals surface area contributed by atoms with Gasteiger partial charge in [0.15, 0.2) is 11.5 Å². The molecule has 0 saturated heterocycles. The Hall–Kier alpha value is -4.90. The predicted molar refractivity (Wildman–Crippen MR) is 138 cm³/mol. The smallest absolute Gasteiger partial charge is 0.262 e. The van der Waals surface area contributed by atoms with Gasteiger partial charge in [-0.1, -0.05) is 35.0 Å². The minimum absolute atomic E-state index is 0.250. The summed E-state index contributed by atoms with van der Waals surface area (Å²) < 4.78 is 21.9. The number of benzene rings is 2. The van der Waals surface area contributed by atoms with Gasteiger partial charge in [0, 0.05) is 11.6 Å². The first-order valence-electron chi connectivity index (χ1n) is 11.4. The van der Waals surface area contributed by atoms with E-state index in [-0.39, 0.29) is 11.4 Å². The number of aromatic nitrogens is 7. The summed E-state index contributed by atoms with van der Waals surface area (Å²) in [6.45, 7) is 3.45. The second-order valence-electron chi connectivity index (χ2n) is 8.45. The number of fused-ring (bicyclic) bond motifs is 1. The molecular formula is C26H18ClFN8O2. The number of nitrogens with zero attached hydrogens (tertiary/aromatic N) is 7. The molecule has 0 aliphatic carbocycles. The molecule has 6 aromatic rings. The van der Waals surface area contributed by atoms with E-state index >= 15 is 0 Å². The Bertz CT molecular complexity index is 1820. The van der Waals surface area contributed by atoms with Gasteiger partial charge < -0.3 is 9.84 Å². The number of hydrogen-bond acceptors (Lipinski definition) is 7. The number of rotatable bonds is 5. The van der Waals surface area contributed by atoms with Crippen LogP contribution < -0.4 is 5.32 Å². The van der Waals surface area contributed by atoms with Gasteiger partial charge in [-0.15, -0.1) is 0 Å². The first-order valence-corrected chi connectivity index (χ1v) is 11.8. The molecule has 1 amide bonds. The second kappa shape index (κ2) is 9.20. The third kappa shape index (κ3) is 3.98. The van der Waals surface area contributed by atoms with Gasteiger partial charge in [-0.25, -0.2) is 19.0 Å². The molecule has 0 fully saturated rings. The van der Waals surface area contributed by atoms with Gasteiger partial charge in [0.05, 0.1) is 28.0 Å². The van der Waals surface area contributed by atoms with E-state index in [1.807, 2.05) is 0 Å². The van der Waals surface area contributed by atoms with Crippen molar-refractivity contribution >= 4 is 34.4 Å². The highest BCUT2D eigenvalue weighted by atomic mass is 35.5. The maximum absolute atomic E-state index is 13.5. The maximum Gasteiger partial charge on any atom is 0.262 e. The Labute approximate surface area is 219 Å². The number of carbonyl (C=O) groups is 1. The summed E-state index contributed by atoms with van der Waals surface area (Å²) in [5.74, 6) is 0.305. The van der Waals surface area contributed by atoms with Crippen molar-refractivity contribution in [1.82, 2.24) is 34.7 Å². The van der Waals surface area contributed by atoms with Crippen LogP contribution in [0.1, 0.15) is 21.8 Å². The van der Waals surface area contributed by atoms with Crippen molar-refractivity contribution in [2.75, 3.05) is 5.32 Å². The summed E-state index contributed by atoms with van der Waals surface area (Å²) >= 11 is 6.35. The SMILES string of the molecule is Cc1cc(NC(=O)c2c(-c3ccccc3Cl)noc2C)n(-c2ncnc3c2cnn3-c2ccc(F)cc2)n1. The molecular weight excluding hydrogens is 511 g/mol. The molecule has 0 bridgehead atoms. The Balaban J connectivity index is 1.40. The highest BCUT2D eigenvalue weighted by Gasteiger charge is 2.25. The molecule has 6 rings (SSSR count). The van der Waals surface area contributed by atoms with Crippen LogP contribution >= 0.6 is 11.6 Å². The van der Waals surface area contributed by atoms with E-state index in [1.165, 1.54) is 23.1 Å². The fraction of sp³-hybridized carbons (Fsp3) is 0.0769. The Morgan fingerprint density at radius 1 is 1.05 bits per heavy atom. The lowest BCUT2D eigenvalue weighted by Gasteiger charge is -2.10. The summed E-state index contributed by atoms with van der Waals surface area (Å²) in [5.41, 5.74) is 2.92. The average Bonchev–Trinajstić information content (AvgIpc) is 3.61. The van der Waals surface area contributed by atoms with Crippen LogP contribution in [-0.2, 0) is 0 Å². The van der Waals surface area contributed by atoms with Crippen LogP contribution in [0, 0.1) is 19.7 Å². The number of aryl methyl sites for hydroxylation is 2. The van der Waals surface area contributed by atoms with E-state index in [2.05, 4.69) is 30.6 Å². The van der Waals surface area contributed by atoms with Gasteiger partial charge >= 0.3 is 0 Å². The first-order chi connectivity index (χ1) is 18.4. The molecule has 0 saturated carbocycles. The molecule has 0 atom stereocenters. The van der Waals surface area contributed by atoms with Crippen LogP contribution in [0.3, 0.4) is 0 Å². The van der Waals surface area contributed by atoms with Gasteiger partial charge in [-0.3, -0.25) is 4.79 Å². The third-order valence-corrected chi connectivity index (χ3v) is 6.24. The van der Waals surface area contributed by atoms with Crippen molar-refractivity contribution in [3.8, 4) is 22.8 Å². The lowest BCUT2D eigenvalue weighted by Crippen LogP contribution is -2.17. The van der Waals surface area contributed by atoms with Crippen LogP contribution in [0.15, 0.2) is 71.6 Å². The van der Waals surface area contributed by atoms with Gasteiger partial charge in [0.25, 0.3) is 5.91 Å². The summed E-state index contributed by atoms with van der Waals surface area (Å²) in [4.78, 5) is 22.3. The Morgan fingerprint density at radius 2 is 1.84 bits per heavy atom. The largest absolute Gasteiger partial charge is 0.360 e. The van der Waals surface area contributed by atoms with Crippen molar-refractivity contribution < 1.29 is 13.7 Å². The first kappa shape index (κ1) is 23.5. The number of anilines is 1. The highest BCUT2D eigenvalue weighted by molar-refractivity contribution is 6.33. The summed E-state index contributed by atoms with van der Waals surface area (Å²) in [5, 5.41) is 17.0. The van der Waals surface area contributed by atoms with Crippen LogP contribution in [0.25, 0.3) is 33.8 Å². The van der Waals surface area contributed by atoms with Crippen molar-refractivity contribution in [3.05, 3.63) is 95.0 Å². The molecule has 4 heterocycles. The summed E-state index contributed by atoms with van der Waals surface area (Å²) in [6.07, 6.45) is 2.97. The zero-order valence-corrected chi connectivity index (χ0v) is 20.8. The van der Waals surface area contributed by atoms with Gasteiger partial charge in [0.1, 0.15) is 35.0 Å². The molecule has 0 aliphatic rings. The predicted octanol–water partition coefficient (Wildman–Crippen LogP) is 5.32. The van der Waals surface area contributed by atoms with E-state index < -0.39 is 5.91 Å². The zero-order chi connectivity index (χ0) is 26.4. The van der Waals surface area contributed by atoms with Crippen LogP contribution in [0.4, 0.5) is 10.2 Å². The fourth-order valence-corrected chi connectivity index (χ4v) is 4.40. The average molecular weight is 529 g/mol. The van der Waals surface area contributed by atoms with Crippen LogP contribution in [0.5, 0.6) is 0 Å². The third-order valence-electron chi connectivity index (χ3n) is 5.91. The molecule has 0 spiro atoms. The van der Waals surface area contributed by atoms with Gasteiger partial charge in [-0.2, -0.15) is 14.9 Å². The lowest BCUT2D eigenvalue weighted by atomic mass is 10.1. The molecule has 12 heteroatoms. The minimum atomic E-state index is -0.452. The second-order valence-corrected chi connectivity index (χ2v) is 8.85. The monoisotopic (exact) mass is 528 g/mol. The van der Waals surface area contributed by atoms with Crippen LogP contribution in [-0.4, -0.2) is 40.6 Å². The van der Waals surface area contributed by atoms with E-state index in [0.717, 1.165) is 0 Å². The fourth-order valence-electron chi connectivity index (χ4n) is 4.18. The molecule has 4 aromatic heterocycles. The minimum Gasteiger partial charge on any atom is -0.360 e. The number of carbonyl (C=O) groups excluding carboxylic acids is 1. The number of nitrogens with one attached hydrogen (secondary N) is 1. The molecule has 1 N–H and O–H groups in total. The van der Waals surface area contributed by atoms with Gasteiger partial charge in [-0.05, 0) is 44.2 Å². The summed E-state index contributed by atoms with van der Waals surface area (Å²) in [6, 6.07) is 14.7. The van der Waals surface area contributed by atoms with E-state index in [4.69, 9.17) is 16.1 Å². The number of amides is 1. The van der Waals surface area contributed by atoms with Crippen molar-refractivity contribution in [2.45, 2.75) is 13.8 Å². The van der Waals surface area contributed by atoms with Gasteiger partial charge in [0.2, 0.25) is 0 Å². The van der Waals surface area contributed by atoms with Crippen molar-refractivity contribution in [3.63, 3.8) is 0 Å². The van der Waals surface area contributed by atoms with Crippen molar-refractivity contribution in [2.24, 2.45) is 0 Å². The molecule has 0 aliphatic heterocycles. The molecule has 188 valence electrons. The summed E-state index contributed by atoms with van der Waals surface area (Å²) in [7, 11) is 0. The standard InChI is InChI=1S/C26H18ClFN8O2/c1-14-11-21(32-26(37)22-15(2)38-34-23(22)18-5-3-4-6-20(18)27)36(33-14)25-19-12-31-35(24(19)29-13-30-25)17-9-7-16(28)8-10-17/h3-13H,1-2H3,(H,32,37). The molecule has 0 unspecified atom stereocenters. The normalized spacial score (nSPS) is 11.3. The maximum atomic E-state index is 13.5.